The molecule has 1 aliphatic carbocycles. The third-order valence-electron chi connectivity index (χ3n) is 4.99. The minimum Gasteiger partial charge on any atom is -0.373 e. The molecule has 2 heterocycles. The Labute approximate surface area is 130 Å². The van der Waals surface area contributed by atoms with Crippen molar-refractivity contribution in [2.45, 2.75) is 55.7 Å². The molecule has 2 saturated heterocycles. The van der Waals surface area contributed by atoms with E-state index in [1.807, 2.05) is 0 Å². The van der Waals surface area contributed by atoms with Crippen LogP contribution < -0.4 is 0 Å². The minimum absolute atomic E-state index is 0.0201. The van der Waals surface area contributed by atoms with Crippen LogP contribution in [0.15, 0.2) is 0 Å². The van der Waals surface area contributed by atoms with Crippen LogP contribution in [0.2, 0.25) is 0 Å². The van der Waals surface area contributed by atoms with Gasteiger partial charge in [-0.2, -0.15) is 0 Å². The quantitative estimate of drug-likeness (QED) is 0.563. The van der Waals surface area contributed by atoms with Gasteiger partial charge in [0.05, 0.1) is 25.2 Å². The first-order chi connectivity index (χ1) is 10.6. The molecule has 3 rings (SSSR count). The second-order valence-electron chi connectivity index (χ2n) is 6.43. The number of hydrogen-bond acceptors (Lipinski definition) is 5. The number of hydrogen-bond donors (Lipinski definition) is 0. The molecular weight excluding hydrogens is 324 g/mol. The van der Waals surface area contributed by atoms with Crippen LogP contribution in [0, 0.1) is 5.92 Å². The Hall–Kier alpha value is -0.770. The zero-order valence-corrected chi connectivity index (χ0v) is 12.7. The molecule has 3 aliphatic rings. The fourth-order valence-corrected chi connectivity index (χ4v) is 3.79. The van der Waals surface area contributed by atoms with E-state index in [1.54, 1.807) is 6.92 Å². The Morgan fingerprint density at radius 3 is 2.57 bits per heavy atom. The highest BCUT2D eigenvalue weighted by atomic mass is 19.4. The van der Waals surface area contributed by atoms with Gasteiger partial charge in [0.25, 0.3) is 0 Å². The van der Waals surface area contributed by atoms with Gasteiger partial charge in [-0.15, -0.1) is 13.2 Å². The Morgan fingerprint density at radius 2 is 2.04 bits per heavy atom. The fourth-order valence-electron chi connectivity index (χ4n) is 3.79. The van der Waals surface area contributed by atoms with Gasteiger partial charge in [0, 0.05) is 20.0 Å². The molecule has 5 nitrogen and oxygen atoms in total. The summed E-state index contributed by atoms with van der Waals surface area (Å²) >= 11 is 0. The lowest BCUT2D eigenvalue weighted by atomic mass is 9.68. The number of halogens is 4. The van der Waals surface area contributed by atoms with Gasteiger partial charge in [0.1, 0.15) is 17.3 Å². The van der Waals surface area contributed by atoms with Crippen LogP contribution in [-0.2, 0) is 23.7 Å². The van der Waals surface area contributed by atoms with E-state index in [9.17, 15) is 22.4 Å². The van der Waals surface area contributed by atoms with Crippen LogP contribution in [0.5, 0.6) is 0 Å². The first-order valence-corrected chi connectivity index (χ1v) is 7.36. The molecule has 0 aromatic rings. The summed E-state index contributed by atoms with van der Waals surface area (Å²) in [6, 6.07) is 0. The van der Waals surface area contributed by atoms with E-state index in [0.717, 1.165) is 0 Å². The fraction of sp³-hybridized carbons (Fsp3) is 0.929. The molecule has 3 fully saturated rings. The molecule has 0 aromatic heterocycles. The number of alkyl halides is 4. The van der Waals surface area contributed by atoms with E-state index < -0.39 is 54.3 Å². The number of carbonyl (C=O) groups excluding carboxylic acids is 1. The summed E-state index contributed by atoms with van der Waals surface area (Å²) in [7, 11) is 1.30. The first-order valence-electron chi connectivity index (χ1n) is 7.36. The van der Waals surface area contributed by atoms with Crippen molar-refractivity contribution in [2.75, 3.05) is 20.3 Å². The third-order valence-corrected chi connectivity index (χ3v) is 4.99. The van der Waals surface area contributed by atoms with Crippen LogP contribution in [0.25, 0.3) is 0 Å². The highest BCUT2D eigenvalue weighted by Crippen LogP contribution is 2.58. The molecule has 0 amide bonds. The monoisotopic (exact) mass is 342 g/mol. The average molecular weight is 342 g/mol. The second kappa shape index (κ2) is 5.37. The molecule has 1 saturated carbocycles. The number of Topliss-reactive ketones (excluding diaryl/α,β-unsaturated/α-hetero) is 1. The van der Waals surface area contributed by atoms with Crippen LogP contribution >= 0.6 is 0 Å². The Bertz CT molecular complexity index is 492. The largest absolute Gasteiger partial charge is 0.522 e. The molecule has 23 heavy (non-hydrogen) atoms. The zero-order chi connectivity index (χ0) is 17.0. The van der Waals surface area contributed by atoms with Gasteiger partial charge in [0.2, 0.25) is 0 Å². The Kier molecular flexibility index (Phi) is 3.98. The SMILES string of the molecule is CO[C@@H]1C(=O)[C@@H](F)C[C@]2(CO2)[C@H]1C1(C)O[C@@H]1CCOC(F)(F)F. The molecule has 1 unspecified atom stereocenters. The van der Waals surface area contributed by atoms with Crippen LogP contribution in [0.1, 0.15) is 19.8 Å². The van der Waals surface area contributed by atoms with Crippen molar-refractivity contribution in [1.82, 2.24) is 0 Å². The van der Waals surface area contributed by atoms with Crippen LogP contribution in [0.4, 0.5) is 17.6 Å². The van der Waals surface area contributed by atoms with E-state index >= 15 is 0 Å². The number of rotatable bonds is 5. The van der Waals surface area contributed by atoms with Gasteiger partial charge in [-0.3, -0.25) is 9.53 Å². The molecule has 1 spiro atoms. The van der Waals surface area contributed by atoms with Crippen molar-refractivity contribution in [3.05, 3.63) is 0 Å². The molecular formula is C14H18F4O5. The lowest BCUT2D eigenvalue weighted by molar-refractivity contribution is -0.324. The topological polar surface area (TPSA) is 60.6 Å². The maximum atomic E-state index is 13.9. The highest BCUT2D eigenvalue weighted by Gasteiger charge is 2.73. The summed E-state index contributed by atoms with van der Waals surface area (Å²) in [5.41, 5.74) is -1.72. The Balaban J connectivity index is 1.69. The van der Waals surface area contributed by atoms with Crippen molar-refractivity contribution in [3.63, 3.8) is 0 Å². The smallest absolute Gasteiger partial charge is 0.373 e. The molecule has 0 radical (unpaired) electrons. The Morgan fingerprint density at radius 1 is 1.39 bits per heavy atom. The van der Waals surface area contributed by atoms with E-state index in [-0.39, 0.29) is 19.4 Å². The van der Waals surface area contributed by atoms with Crippen molar-refractivity contribution >= 4 is 5.78 Å². The maximum Gasteiger partial charge on any atom is 0.522 e. The van der Waals surface area contributed by atoms with Gasteiger partial charge in [-0.25, -0.2) is 4.39 Å². The molecule has 0 aromatic carbocycles. The van der Waals surface area contributed by atoms with Gasteiger partial charge in [-0.1, -0.05) is 0 Å². The van der Waals surface area contributed by atoms with Gasteiger partial charge in [0.15, 0.2) is 12.0 Å². The summed E-state index contributed by atoms with van der Waals surface area (Å²) in [5, 5.41) is 0. The third kappa shape index (κ3) is 2.99. The van der Waals surface area contributed by atoms with Gasteiger partial charge >= 0.3 is 6.36 Å². The molecule has 9 heteroatoms. The summed E-state index contributed by atoms with van der Waals surface area (Å²) in [6.45, 7) is 1.44. The molecule has 0 bridgehead atoms. The predicted molar refractivity (Wildman–Crippen MR) is 67.4 cm³/mol. The lowest BCUT2D eigenvalue weighted by Gasteiger charge is -2.38. The number of ketones is 1. The summed E-state index contributed by atoms with van der Waals surface area (Å²) < 4.78 is 69.9. The first kappa shape index (κ1) is 17.1. The summed E-state index contributed by atoms with van der Waals surface area (Å²) in [6.07, 6.45) is -7.94. The zero-order valence-electron chi connectivity index (χ0n) is 12.7. The highest BCUT2D eigenvalue weighted by molar-refractivity contribution is 5.89. The van der Waals surface area contributed by atoms with Gasteiger partial charge < -0.3 is 14.2 Å². The molecule has 6 atom stereocenters. The van der Waals surface area contributed by atoms with E-state index in [2.05, 4.69) is 4.74 Å². The van der Waals surface area contributed by atoms with Crippen molar-refractivity contribution in [1.29, 1.82) is 0 Å². The normalized spacial score (nSPS) is 46.3. The molecule has 2 aliphatic heterocycles. The van der Waals surface area contributed by atoms with Gasteiger partial charge in [-0.05, 0) is 6.92 Å². The molecule has 132 valence electrons. The van der Waals surface area contributed by atoms with Crippen molar-refractivity contribution < 1.29 is 41.3 Å². The second-order valence-corrected chi connectivity index (χ2v) is 6.43. The number of methoxy groups -OCH3 is 1. The molecule has 0 N–H and O–H groups in total. The van der Waals surface area contributed by atoms with E-state index in [1.165, 1.54) is 7.11 Å². The number of epoxide rings is 2. The van der Waals surface area contributed by atoms with Crippen molar-refractivity contribution in [3.8, 4) is 0 Å². The average Bonchev–Trinajstić information content (AvgIpc) is 3.32. The van der Waals surface area contributed by atoms with E-state index in [4.69, 9.17) is 14.2 Å². The summed E-state index contributed by atoms with van der Waals surface area (Å²) in [4.78, 5) is 12.0. The lowest BCUT2D eigenvalue weighted by Crippen LogP contribution is -2.56. The number of carbonyl (C=O) groups is 1. The standard InChI is InChI=1S/C14H18F4O5/c1-12(8(23-12)3-4-21-14(16,17)18)11-10(20-2)9(19)7(15)5-13(11)6-22-13/h7-8,10-11H,3-6H2,1-2H3/t7-,8+,10+,11+,12?,13-/m0/s1. The minimum atomic E-state index is -4.69. The summed E-state index contributed by atoms with van der Waals surface area (Å²) in [5.74, 6) is -1.21. The number of ether oxygens (including phenoxy) is 4. The van der Waals surface area contributed by atoms with E-state index in [0.29, 0.717) is 0 Å². The van der Waals surface area contributed by atoms with Crippen LogP contribution in [-0.4, -0.2) is 62.1 Å². The van der Waals surface area contributed by atoms with Crippen molar-refractivity contribution in [2.24, 2.45) is 5.92 Å². The van der Waals surface area contributed by atoms with Crippen LogP contribution in [0.3, 0.4) is 0 Å². The maximum absolute atomic E-state index is 13.9. The predicted octanol–water partition coefficient (Wildman–Crippen LogP) is 1.78.